The molecule has 0 spiro atoms. The van der Waals surface area contributed by atoms with Crippen molar-refractivity contribution in [2.24, 2.45) is 0 Å². The number of allylic oxidation sites excluding steroid dienone is 2. The van der Waals surface area contributed by atoms with Gasteiger partial charge in [0.05, 0.1) is 26.9 Å². The van der Waals surface area contributed by atoms with Crippen LogP contribution in [0.1, 0.15) is 122 Å². The van der Waals surface area contributed by atoms with Crippen LogP contribution in [0.3, 0.4) is 0 Å². The van der Waals surface area contributed by atoms with Crippen LogP contribution in [0.2, 0.25) is 0 Å². The van der Waals surface area contributed by atoms with E-state index < -0.39 is 7.82 Å². The van der Waals surface area contributed by atoms with E-state index in [1.165, 1.54) is 103 Å². The molecule has 1 unspecified atom stereocenters. The lowest BCUT2D eigenvalue weighted by atomic mass is 10.1. The molecule has 1 N–H and O–H groups in total. The van der Waals surface area contributed by atoms with E-state index in [9.17, 15) is 9.46 Å². The summed E-state index contributed by atoms with van der Waals surface area (Å²) in [7, 11) is -1.80. The van der Waals surface area contributed by atoms with Gasteiger partial charge in [0.15, 0.2) is 0 Å². The average Bonchev–Trinajstić information content (AvgIpc) is 2.85. The number of hydrogen-bond donors (Lipinski definition) is 1. The van der Waals surface area contributed by atoms with Crippen LogP contribution in [0, 0.1) is 0 Å². The van der Waals surface area contributed by atoms with Crippen LogP contribution >= 0.6 is 7.82 Å². The molecule has 1 heterocycles. The van der Waals surface area contributed by atoms with Gasteiger partial charge < -0.3 is 14.1 Å². The first-order valence-electron chi connectivity index (χ1n) is 15.2. The summed E-state index contributed by atoms with van der Waals surface area (Å²) >= 11 is 0. The molecule has 1 aliphatic heterocycles. The summed E-state index contributed by atoms with van der Waals surface area (Å²) < 4.78 is 28.5. The minimum atomic E-state index is -3.93. The van der Waals surface area contributed by atoms with Crippen molar-refractivity contribution in [3.8, 4) is 0 Å². The highest BCUT2D eigenvalue weighted by molar-refractivity contribution is 7.47. The van der Waals surface area contributed by atoms with Gasteiger partial charge in [-0.3, -0.25) is 9.05 Å². The minimum Gasteiger partial charge on any atom is -0.370 e. The molecule has 0 saturated carbocycles. The molecule has 0 bridgehead atoms. The van der Waals surface area contributed by atoms with Crippen LogP contribution in [-0.4, -0.2) is 62.5 Å². The van der Waals surface area contributed by atoms with E-state index in [4.69, 9.17) is 13.8 Å². The first kappa shape index (κ1) is 33.8. The van der Waals surface area contributed by atoms with Gasteiger partial charge in [0, 0.05) is 0 Å². The second-order valence-electron chi connectivity index (χ2n) is 10.9. The van der Waals surface area contributed by atoms with Crippen molar-refractivity contribution in [2.75, 3.05) is 53.1 Å². The standard InChI is InChI=1S/C29H58NO5P/c1-3-4-5-6-7-8-9-10-11-12-13-14-15-16-17-18-19-20-21-22-26-34-36(31,32)35-29-25-30(2)23-27-33-28-24-30/h10-11H,3-9,12-29H2,1-2H3/p+1/b11-10-. The van der Waals surface area contributed by atoms with E-state index in [1.54, 1.807) is 0 Å². The van der Waals surface area contributed by atoms with Crippen LogP contribution in [0.4, 0.5) is 0 Å². The lowest BCUT2D eigenvalue weighted by Gasteiger charge is -2.37. The van der Waals surface area contributed by atoms with Gasteiger partial charge in [-0.2, -0.15) is 0 Å². The number of unbranched alkanes of at least 4 members (excludes halogenated alkanes) is 16. The second kappa shape index (κ2) is 22.7. The van der Waals surface area contributed by atoms with E-state index in [0.717, 1.165) is 43.6 Å². The maximum Gasteiger partial charge on any atom is 0.472 e. The molecule has 0 aromatic carbocycles. The lowest BCUT2D eigenvalue weighted by molar-refractivity contribution is -0.916. The molecule has 214 valence electrons. The highest BCUT2D eigenvalue weighted by atomic mass is 31.2. The maximum atomic E-state index is 12.0. The van der Waals surface area contributed by atoms with Crippen molar-refractivity contribution < 1.29 is 27.7 Å². The molecule has 1 aliphatic rings. The van der Waals surface area contributed by atoms with Gasteiger partial charge in [0.2, 0.25) is 0 Å². The van der Waals surface area contributed by atoms with E-state index in [0.29, 0.717) is 13.2 Å². The lowest BCUT2D eigenvalue weighted by Crippen LogP contribution is -2.53. The van der Waals surface area contributed by atoms with Crippen LogP contribution in [0.5, 0.6) is 0 Å². The van der Waals surface area contributed by atoms with Crippen molar-refractivity contribution in [2.45, 2.75) is 122 Å². The molecule has 0 amide bonds. The third-order valence-electron chi connectivity index (χ3n) is 7.35. The number of ether oxygens (including phenoxy) is 1. The number of morpholine rings is 1. The molecule has 0 radical (unpaired) electrons. The number of phosphoric acid groups is 1. The molecule has 1 saturated heterocycles. The van der Waals surface area contributed by atoms with Crippen molar-refractivity contribution in [3.05, 3.63) is 12.2 Å². The number of quaternary nitrogens is 1. The molecule has 1 atom stereocenters. The molecule has 1 fully saturated rings. The Labute approximate surface area is 223 Å². The summed E-state index contributed by atoms with van der Waals surface area (Å²) in [6.45, 7) is 6.81. The van der Waals surface area contributed by atoms with E-state index in [1.807, 2.05) is 0 Å². The minimum absolute atomic E-state index is 0.236. The fraction of sp³-hybridized carbons (Fsp3) is 0.931. The van der Waals surface area contributed by atoms with Gasteiger partial charge in [0.25, 0.3) is 0 Å². The zero-order chi connectivity index (χ0) is 26.2. The number of phosphoric ester groups is 1. The van der Waals surface area contributed by atoms with E-state index >= 15 is 0 Å². The number of likely N-dealkylation sites (N-methyl/N-ethyl adjacent to an activating group) is 1. The zero-order valence-electron chi connectivity index (χ0n) is 23.8. The molecule has 1 rings (SSSR count). The van der Waals surface area contributed by atoms with Crippen molar-refractivity contribution in [1.82, 2.24) is 0 Å². The Morgan fingerprint density at radius 1 is 0.722 bits per heavy atom. The summed E-state index contributed by atoms with van der Waals surface area (Å²) in [6, 6.07) is 0. The van der Waals surface area contributed by atoms with Gasteiger partial charge in [-0.25, -0.2) is 4.57 Å². The molecule has 6 nitrogen and oxygen atoms in total. The zero-order valence-corrected chi connectivity index (χ0v) is 24.7. The predicted octanol–water partition coefficient (Wildman–Crippen LogP) is 8.19. The quantitative estimate of drug-likeness (QED) is 0.0556. The van der Waals surface area contributed by atoms with Crippen molar-refractivity contribution in [3.63, 3.8) is 0 Å². The SMILES string of the molecule is CCCCCCCC/C=C\CCCCCCCCCCCCOP(=O)(O)OCC[N+]1(C)CCOCC1. The summed E-state index contributed by atoms with van der Waals surface area (Å²) in [6.07, 6.45) is 27.9. The highest BCUT2D eigenvalue weighted by Crippen LogP contribution is 2.43. The molecular weight excluding hydrogens is 473 g/mol. The van der Waals surface area contributed by atoms with Gasteiger partial charge in [-0.05, 0) is 32.1 Å². The van der Waals surface area contributed by atoms with E-state index in [-0.39, 0.29) is 6.61 Å². The van der Waals surface area contributed by atoms with Crippen molar-refractivity contribution >= 4 is 7.82 Å². The summed E-state index contributed by atoms with van der Waals surface area (Å²) in [5.41, 5.74) is 0. The Balaban J connectivity index is 1.80. The number of nitrogens with zero attached hydrogens (tertiary/aromatic N) is 1. The molecular formula is C29H59NO5P+. The maximum absolute atomic E-state index is 12.0. The van der Waals surface area contributed by atoms with Crippen LogP contribution in [0.25, 0.3) is 0 Å². The molecule has 0 aromatic rings. The first-order valence-corrected chi connectivity index (χ1v) is 16.7. The Morgan fingerprint density at radius 3 is 1.69 bits per heavy atom. The van der Waals surface area contributed by atoms with Gasteiger partial charge in [-0.15, -0.1) is 0 Å². The van der Waals surface area contributed by atoms with Gasteiger partial charge in [-0.1, -0.05) is 103 Å². The fourth-order valence-corrected chi connectivity index (χ4v) is 5.40. The third kappa shape index (κ3) is 20.8. The van der Waals surface area contributed by atoms with Crippen LogP contribution in [0.15, 0.2) is 12.2 Å². The van der Waals surface area contributed by atoms with Crippen LogP contribution in [-0.2, 0) is 18.3 Å². The topological polar surface area (TPSA) is 65.0 Å². The molecule has 36 heavy (non-hydrogen) atoms. The third-order valence-corrected chi connectivity index (χ3v) is 8.36. The second-order valence-corrected chi connectivity index (χ2v) is 12.3. The molecule has 0 aromatic heterocycles. The van der Waals surface area contributed by atoms with Crippen LogP contribution < -0.4 is 0 Å². The fourth-order valence-electron chi connectivity index (χ4n) is 4.66. The Morgan fingerprint density at radius 2 is 1.17 bits per heavy atom. The first-order chi connectivity index (χ1) is 17.5. The van der Waals surface area contributed by atoms with Gasteiger partial charge >= 0.3 is 7.82 Å². The number of rotatable bonds is 25. The normalized spacial score (nSPS) is 17.5. The summed E-state index contributed by atoms with van der Waals surface area (Å²) in [4.78, 5) is 9.86. The van der Waals surface area contributed by atoms with E-state index in [2.05, 4.69) is 26.1 Å². The Kier molecular flexibility index (Phi) is 21.3. The predicted molar refractivity (Wildman–Crippen MR) is 151 cm³/mol. The highest BCUT2D eigenvalue weighted by Gasteiger charge is 2.27. The average molecular weight is 533 g/mol. The Hall–Kier alpha value is -0.230. The van der Waals surface area contributed by atoms with Crippen molar-refractivity contribution in [1.29, 1.82) is 0 Å². The summed E-state index contributed by atoms with van der Waals surface area (Å²) in [5.74, 6) is 0. The number of hydrogen-bond acceptors (Lipinski definition) is 4. The monoisotopic (exact) mass is 532 g/mol. The molecule has 0 aliphatic carbocycles. The largest absolute Gasteiger partial charge is 0.472 e. The smallest absolute Gasteiger partial charge is 0.370 e. The Bertz CT molecular complexity index is 566. The molecule has 7 heteroatoms. The van der Waals surface area contributed by atoms with Gasteiger partial charge in [0.1, 0.15) is 26.2 Å². The summed E-state index contributed by atoms with van der Waals surface area (Å²) in [5, 5.41) is 0.